The standard InChI is InChI=1S/C15H11F6N3O2/c16-14(17,18)8-5-6-11(12(7-8)24(25)26)23-10-4-2-1-3-9(10)13(22-23)15(19,20)21/h5-7H,1-4H2. The quantitative estimate of drug-likeness (QED) is 0.432. The summed E-state index contributed by atoms with van der Waals surface area (Å²) >= 11 is 0. The van der Waals surface area contributed by atoms with Crippen molar-refractivity contribution in [2.45, 2.75) is 38.0 Å². The molecule has 0 saturated heterocycles. The Labute approximate surface area is 142 Å². The maximum atomic E-state index is 13.2. The van der Waals surface area contributed by atoms with E-state index in [0.29, 0.717) is 25.0 Å². The van der Waals surface area contributed by atoms with Crippen molar-refractivity contribution in [3.8, 4) is 5.69 Å². The highest BCUT2D eigenvalue weighted by atomic mass is 19.4. The van der Waals surface area contributed by atoms with Gasteiger partial charge in [0.2, 0.25) is 0 Å². The van der Waals surface area contributed by atoms with Gasteiger partial charge in [0.1, 0.15) is 5.69 Å². The number of rotatable bonds is 2. The van der Waals surface area contributed by atoms with Crippen molar-refractivity contribution in [1.82, 2.24) is 9.78 Å². The molecule has 0 bridgehead atoms. The van der Waals surface area contributed by atoms with Crippen molar-refractivity contribution in [3.05, 3.63) is 50.8 Å². The Hall–Kier alpha value is -2.59. The number of aromatic nitrogens is 2. The molecule has 3 rings (SSSR count). The highest BCUT2D eigenvalue weighted by Crippen LogP contribution is 2.39. The summed E-state index contributed by atoms with van der Waals surface area (Å²) in [5, 5.41) is 14.7. The molecule has 1 aliphatic rings. The predicted molar refractivity (Wildman–Crippen MR) is 76.9 cm³/mol. The zero-order chi connectivity index (χ0) is 19.3. The van der Waals surface area contributed by atoms with Gasteiger partial charge in [0, 0.05) is 17.3 Å². The van der Waals surface area contributed by atoms with E-state index in [1.807, 2.05) is 0 Å². The Balaban J connectivity index is 2.24. The third-order valence-corrected chi connectivity index (χ3v) is 4.18. The Bertz CT molecular complexity index is 869. The summed E-state index contributed by atoms with van der Waals surface area (Å²) in [5.74, 6) is 0. The van der Waals surface area contributed by atoms with Gasteiger partial charge in [-0.25, -0.2) is 4.68 Å². The Morgan fingerprint density at radius 3 is 2.27 bits per heavy atom. The minimum Gasteiger partial charge on any atom is -0.258 e. The average Bonchev–Trinajstić information content (AvgIpc) is 2.93. The molecule has 0 amide bonds. The molecule has 140 valence electrons. The number of alkyl halides is 6. The van der Waals surface area contributed by atoms with Crippen LogP contribution in [0.4, 0.5) is 32.0 Å². The van der Waals surface area contributed by atoms with E-state index < -0.39 is 39.9 Å². The maximum absolute atomic E-state index is 13.2. The molecule has 2 aromatic rings. The molecular weight excluding hydrogens is 368 g/mol. The zero-order valence-corrected chi connectivity index (χ0v) is 13.0. The van der Waals surface area contributed by atoms with Gasteiger partial charge in [-0.05, 0) is 37.8 Å². The molecule has 0 fully saturated rings. The second-order valence-electron chi connectivity index (χ2n) is 5.85. The van der Waals surface area contributed by atoms with Crippen LogP contribution in [0.5, 0.6) is 0 Å². The molecule has 1 aromatic heterocycles. The van der Waals surface area contributed by atoms with Gasteiger partial charge in [-0.2, -0.15) is 31.4 Å². The summed E-state index contributed by atoms with van der Waals surface area (Å²) < 4.78 is 78.9. The molecule has 0 saturated carbocycles. The third-order valence-electron chi connectivity index (χ3n) is 4.18. The lowest BCUT2D eigenvalue weighted by Crippen LogP contribution is -2.11. The van der Waals surface area contributed by atoms with Crippen molar-refractivity contribution in [2.75, 3.05) is 0 Å². The summed E-state index contributed by atoms with van der Waals surface area (Å²) in [6.07, 6.45) is -8.19. The van der Waals surface area contributed by atoms with Gasteiger partial charge in [-0.1, -0.05) is 0 Å². The van der Waals surface area contributed by atoms with Crippen molar-refractivity contribution in [2.24, 2.45) is 0 Å². The van der Waals surface area contributed by atoms with Gasteiger partial charge in [0.05, 0.1) is 10.5 Å². The van der Waals surface area contributed by atoms with E-state index in [0.717, 1.165) is 10.7 Å². The lowest BCUT2D eigenvalue weighted by atomic mass is 9.95. The summed E-state index contributed by atoms with van der Waals surface area (Å²) in [4.78, 5) is 10.2. The van der Waals surface area contributed by atoms with Crippen LogP contribution in [-0.4, -0.2) is 14.7 Å². The predicted octanol–water partition coefficient (Wildman–Crippen LogP) is 4.70. The molecule has 0 aliphatic heterocycles. The van der Waals surface area contributed by atoms with Gasteiger partial charge >= 0.3 is 12.4 Å². The topological polar surface area (TPSA) is 61.0 Å². The van der Waals surface area contributed by atoms with Crippen LogP contribution in [0, 0.1) is 10.1 Å². The fraction of sp³-hybridized carbons (Fsp3) is 0.400. The number of nitro benzene ring substituents is 1. The minimum atomic E-state index is -4.82. The smallest absolute Gasteiger partial charge is 0.258 e. The number of nitrogens with zero attached hydrogens (tertiary/aromatic N) is 3. The monoisotopic (exact) mass is 379 g/mol. The first-order valence-electron chi connectivity index (χ1n) is 7.54. The molecule has 0 radical (unpaired) electrons. The van der Waals surface area contributed by atoms with Crippen LogP contribution >= 0.6 is 0 Å². The van der Waals surface area contributed by atoms with Crippen LogP contribution in [0.2, 0.25) is 0 Å². The van der Waals surface area contributed by atoms with Gasteiger partial charge in [0.15, 0.2) is 5.69 Å². The van der Waals surface area contributed by atoms with Crippen molar-refractivity contribution < 1.29 is 31.3 Å². The van der Waals surface area contributed by atoms with Crippen LogP contribution in [-0.2, 0) is 25.2 Å². The summed E-state index contributed by atoms with van der Waals surface area (Å²) in [6, 6.07) is 1.68. The van der Waals surface area contributed by atoms with Gasteiger partial charge < -0.3 is 0 Å². The lowest BCUT2D eigenvalue weighted by Gasteiger charge is -2.15. The molecule has 0 unspecified atom stereocenters. The molecule has 0 N–H and O–H groups in total. The van der Waals surface area contributed by atoms with E-state index in [9.17, 15) is 36.5 Å². The average molecular weight is 379 g/mol. The molecule has 0 spiro atoms. The molecule has 0 atom stereocenters. The summed E-state index contributed by atoms with van der Waals surface area (Å²) in [5.41, 5.74) is -3.70. The number of fused-ring (bicyclic) bond motifs is 1. The Kier molecular flexibility index (Phi) is 4.20. The highest BCUT2D eigenvalue weighted by Gasteiger charge is 2.41. The molecule has 1 aromatic carbocycles. The van der Waals surface area contributed by atoms with Crippen molar-refractivity contribution in [3.63, 3.8) is 0 Å². The number of nitro groups is 1. The largest absolute Gasteiger partial charge is 0.435 e. The summed E-state index contributed by atoms with van der Waals surface area (Å²) in [6.45, 7) is 0. The number of benzene rings is 1. The first-order chi connectivity index (χ1) is 12.0. The third kappa shape index (κ3) is 3.13. The van der Waals surface area contributed by atoms with E-state index in [1.165, 1.54) is 0 Å². The SMILES string of the molecule is O=[N+]([O-])c1cc(C(F)(F)F)ccc1-n1nc(C(F)(F)F)c2c1CCCC2. The number of hydrogen-bond acceptors (Lipinski definition) is 3. The van der Waals surface area contributed by atoms with Crippen LogP contribution in [0.3, 0.4) is 0 Å². The second-order valence-corrected chi connectivity index (χ2v) is 5.85. The lowest BCUT2D eigenvalue weighted by molar-refractivity contribution is -0.384. The van der Waals surface area contributed by atoms with E-state index in [4.69, 9.17) is 0 Å². The Morgan fingerprint density at radius 1 is 1.04 bits per heavy atom. The first-order valence-corrected chi connectivity index (χ1v) is 7.54. The van der Waals surface area contributed by atoms with Crippen LogP contribution in [0.15, 0.2) is 18.2 Å². The summed E-state index contributed by atoms with van der Waals surface area (Å²) in [7, 11) is 0. The van der Waals surface area contributed by atoms with Crippen molar-refractivity contribution >= 4 is 5.69 Å². The van der Waals surface area contributed by atoms with Gasteiger partial charge in [-0.15, -0.1) is 0 Å². The van der Waals surface area contributed by atoms with Crippen LogP contribution in [0.25, 0.3) is 5.69 Å². The molecule has 11 heteroatoms. The molecule has 5 nitrogen and oxygen atoms in total. The van der Waals surface area contributed by atoms with Crippen LogP contribution in [0.1, 0.15) is 35.4 Å². The molecular formula is C15H11F6N3O2. The zero-order valence-electron chi connectivity index (χ0n) is 13.0. The van der Waals surface area contributed by atoms with Crippen molar-refractivity contribution in [1.29, 1.82) is 0 Å². The van der Waals surface area contributed by atoms with E-state index in [-0.39, 0.29) is 24.1 Å². The normalized spacial score (nSPS) is 15.0. The molecule has 1 aliphatic carbocycles. The van der Waals surface area contributed by atoms with E-state index in [2.05, 4.69) is 5.10 Å². The first kappa shape index (κ1) is 18.2. The fourth-order valence-corrected chi connectivity index (χ4v) is 3.05. The fourth-order valence-electron chi connectivity index (χ4n) is 3.05. The van der Waals surface area contributed by atoms with Gasteiger partial charge in [0.25, 0.3) is 5.69 Å². The number of halogens is 6. The van der Waals surface area contributed by atoms with Crippen LogP contribution < -0.4 is 0 Å². The van der Waals surface area contributed by atoms with E-state index >= 15 is 0 Å². The highest BCUT2D eigenvalue weighted by molar-refractivity contribution is 5.56. The Morgan fingerprint density at radius 2 is 1.69 bits per heavy atom. The van der Waals surface area contributed by atoms with E-state index in [1.54, 1.807) is 0 Å². The second kappa shape index (κ2) is 5.99. The van der Waals surface area contributed by atoms with Gasteiger partial charge in [-0.3, -0.25) is 10.1 Å². The molecule has 1 heterocycles. The number of hydrogen-bond donors (Lipinski definition) is 0. The molecule has 26 heavy (non-hydrogen) atoms. The maximum Gasteiger partial charge on any atom is 0.435 e. The minimum absolute atomic E-state index is 0.0575.